The highest BCUT2D eigenvalue weighted by atomic mass is 35.5. The van der Waals surface area contributed by atoms with Crippen molar-refractivity contribution in [1.82, 2.24) is 9.97 Å². The quantitative estimate of drug-likeness (QED) is 0.853. The van der Waals surface area contributed by atoms with E-state index in [4.69, 9.17) is 23.2 Å². The summed E-state index contributed by atoms with van der Waals surface area (Å²) in [5.74, 6) is 0.516. The summed E-state index contributed by atoms with van der Waals surface area (Å²) < 4.78 is 0. The second-order valence-corrected chi connectivity index (χ2v) is 4.01. The van der Waals surface area contributed by atoms with Crippen molar-refractivity contribution in [2.75, 3.05) is 5.32 Å². The van der Waals surface area contributed by atoms with E-state index in [1.54, 1.807) is 12.3 Å². The van der Waals surface area contributed by atoms with E-state index < -0.39 is 0 Å². The number of hydrogen-bond donors (Lipinski definition) is 1. The van der Waals surface area contributed by atoms with Crippen molar-refractivity contribution in [2.24, 2.45) is 0 Å². The highest BCUT2D eigenvalue weighted by molar-refractivity contribution is 6.30. The molecule has 0 bridgehead atoms. The summed E-state index contributed by atoms with van der Waals surface area (Å²) in [6.07, 6.45) is 1.61. The van der Waals surface area contributed by atoms with Crippen LogP contribution < -0.4 is 5.32 Å². The Bertz CT molecular complexity index is 471. The molecular weight excluding hydrogens is 245 g/mol. The van der Waals surface area contributed by atoms with Gasteiger partial charge in [-0.25, -0.2) is 9.97 Å². The van der Waals surface area contributed by atoms with Gasteiger partial charge in [-0.1, -0.05) is 35.3 Å². The molecule has 1 aromatic heterocycles. The highest BCUT2D eigenvalue weighted by Crippen LogP contribution is 2.11. The lowest BCUT2D eigenvalue weighted by Gasteiger charge is -2.04. The zero-order chi connectivity index (χ0) is 11.4. The maximum Gasteiger partial charge on any atom is 0.224 e. The van der Waals surface area contributed by atoms with Gasteiger partial charge in [0.25, 0.3) is 0 Å². The van der Waals surface area contributed by atoms with E-state index in [9.17, 15) is 0 Å². The normalized spacial score (nSPS) is 10.1. The van der Waals surface area contributed by atoms with Gasteiger partial charge in [0, 0.05) is 17.8 Å². The molecule has 0 amide bonds. The average molecular weight is 254 g/mol. The lowest BCUT2D eigenvalue weighted by atomic mass is 10.2. The van der Waals surface area contributed by atoms with Gasteiger partial charge in [0.1, 0.15) is 5.15 Å². The van der Waals surface area contributed by atoms with Gasteiger partial charge in [0.2, 0.25) is 5.95 Å². The first kappa shape index (κ1) is 11.2. The number of aromatic nitrogens is 2. The van der Waals surface area contributed by atoms with Crippen LogP contribution in [0, 0.1) is 0 Å². The second kappa shape index (κ2) is 5.14. The molecule has 0 unspecified atom stereocenters. The Kier molecular flexibility index (Phi) is 3.59. The molecule has 0 saturated heterocycles. The van der Waals surface area contributed by atoms with Gasteiger partial charge in [0.15, 0.2) is 0 Å². The van der Waals surface area contributed by atoms with Crippen molar-refractivity contribution in [3.63, 3.8) is 0 Å². The molecule has 82 valence electrons. The van der Waals surface area contributed by atoms with E-state index in [1.807, 2.05) is 24.3 Å². The maximum absolute atomic E-state index is 5.79. The van der Waals surface area contributed by atoms with Gasteiger partial charge in [-0.15, -0.1) is 0 Å². The molecular formula is C11H9Cl2N3. The maximum atomic E-state index is 5.79. The van der Waals surface area contributed by atoms with Crippen molar-refractivity contribution < 1.29 is 0 Å². The zero-order valence-electron chi connectivity index (χ0n) is 8.32. The van der Waals surface area contributed by atoms with Crippen molar-refractivity contribution in [2.45, 2.75) is 6.54 Å². The van der Waals surface area contributed by atoms with Crippen molar-refractivity contribution in [3.05, 3.63) is 52.3 Å². The van der Waals surface area contributed by atoms with E-state index >= 15 is 0 Å². The van der Waals surface area contributed by atoms with Crippen LogP contribution in [0.5, 0.6) is 0 Å². The first-order valence-corrected chi connectivity index (χ1v) is 5.46. The molecule has 1 heterocycles. The molecule has 16 heavy (non-hydrogen) atoms. The molecule has 3 nitrogen and oxygen atoms in total. The lowest BCUT2D eigenvalue weighted by molar-refractivity contribution is 1.05. The first-order chi connectivity index (χ1) is 7.74. The second-order valence-electron chi connectivity index (χ2n) is 3.18. The Morgan fingerprint density at radius 2 is 1.81 bits per heavy atom. The molecule has 2 aromatic rings. The average Bonchev–Trinajstić information content (AvgIpc) is 2.28. The number of hydrogen-bond acceptors (Lipinski definition) is 3. The Morgan fingerprint density at radius 3 is 2.50 bits per heavy atom. The fraction of sp³-hybridized carbons (Fsp3) is 0.0909. The number of nitrogens with one attached hydrogen (secondary N) is 1. The van der Waals surface area contributed by atoms with E-state index in [-0.39, 0.29) is 0 Å². The molecule has 5 heteroatoms. The largest absolute Gasteiger partial charge is 0.350 e. The van der Waals surface area contributed by atoms with E-state index in [2.05, 4.69) is 15.3 Å². The van der Waals surface area contributed by atoms with Gasteiger partial charge in [-0.2, -0.15) is 0 Å². The molecule has 0 fully saturated rings. The fourth-order valence-corrected chi connectivity index (χ4v) is 1.47. The SMILES string of the molecule is Clc1ccc(CNc2nccc(Cl)n2)cc1. The summed E-state index contributed by atoms with van der Waals surface area (Å²) in [6, 6.07) is 9.21. The number of rotatable bonds is 3. The van der Waals surface area contributed by atoms with Crippen molar-refractivity contribution in [1.29, 1.82) is 0 Å². The summed E-state index contributed by atoms with van der Waals surface area (Å²) in [5.41, 5.74) is 1.10. The van der Waals surface area contributed by atoms with Crippen LogP contribution >= 0.6 is 23.2 Å². The van der Waals surface area contributed by atoms with Crippen molar-refractivity contribution in [3.8, 4) is 0 Å². The molecule has 0 atom stereocenters. The minimum absolute atomic E-state index is 0.425. The molecule has 0 aliphatic carbocycles. The van der Waals surface area contributed by atoms with Gasteiger partial charge in [0.05, 0.1) is 0 Å². The Hall–Kier alpha value is -1.32. The van der Waals surface area contributed by atoms with Crippen LogP contribution in [0.15, 0.2) is 36.5 Å². The lowest BCUT2D eigenvalue weighted by Crippen LogP contribution is -2.02. The fourth-order valence-electron chi connectivity index (χ4n) is 1.21. The molecule has 2 rings (SSSR count). The van der Waals surface area contributed by atoms with E-state index in [1.165, 1.54) is 0 Å². The number of nitrogens with zero attached hydrogens (tertiary/aromatic N) is 2. The van der Waals surface area contributed by atoms with Gasteiger partial charge in [-0.3, -0.25) is 0 Å². The van der Waals surface area contributed by atoms with Crippen LogP contribution in [0.1, 0.15) is 5.56 Å². The Labute approximate surface area is 103 Å². The van der Waals surface area contributed by atoms with Crippen LogP contribution in [0.3, 0.4) is 0 Å². The highest BCUT2D eigenvalue weighted by Gasteiger charge is 1.97. The van der Waals surface area contributed by atoms with Crippen LogP contribution in [-0.2, 0) is 6.54 Å². The van der Waals surface area contributed by atoms with Crippen LogP contribution in [-0.4, -0.2) is 9.97 Å². The third kappa shape index (κ3) is 3.08. The minimum Gasteiger partial charge on any atom is -0.350 e. The zero-order valence-corrected chi connectivity index (χ0v) is 9.83. The molecule has 1 aromatic carbocycles. The standard InChI is InChI=1S/C11H9Cl2N3/c12-9-3-1-8(2-4-9)7-15-11-14-6-5-10(13)16-11/h1-6H,7H2,(H,14,15,16). The van der Waals surface area contributed by atoms with Crippen LogP contribution in [0.25, 0.3) is 0 Å². The molecule has 0 radical (unpaired) electrons. The third-order valence-corrected chi connectivity index (χ3v) is 2.45. The summed E-state index contributed by atoms with van der Waals surface area (Å²) in [6.45, 7) is 0.636. The monoisotopic (exact) mass is 253 g/mol. The number of halogens is 2. The summed E-state index contributed by atoms with van der Waals surface area (Å²) in [7, 11) is 0. The van der Waals surface area contributed by atoms with E-state index in [0.717, 1.165) is 10.6 Å². The van der Waals surface area contributed by atoms with E-state index in [0.29, 0.717) is 17.6 Å². The first-order valence-electron chi connectivity index (χ1n) is 4.71. The summed E-state index contributed by atoms with van der Waals surface area (Å²) in [5, 5.41) is 4.22. The van der Waals surface area contributed by atoms with Gasteiger partial charge < -0.3 is 5.32 Å². The molecule has 1 N–H and O–H groups in total. The van der Waals surface area contributed by atoms with Gasteiger partial charge in [-0.05, 0) is 23.8 Å². The topological polar surface area (TPSA) is 37.8 Å². The number of benzene rings is 1. The predicted octanol–water partition coefficient (Wildman–Crippen LogP) is 3.40. The molecule has 0 aliphatic rings. The molecule has 0 aliphatic heterocycles. The summed E-state index contributed by atoms with van der Waals surface area (Å²) in [4.78, 5) is 8.06. The third-order valence-electron chi connectivity index (χ3n) is 1.99. The van der Waals surface area contributed by atoms with Crippen LogP contribution in [0.4, 0.5) is 5.95 Å². The smallest absolute Gasteiger partial charge is 0.224 e. The number of anilines is 1. The Morgan fingerprint density at radius 1 is 1.06 bits per heavy atom. The summed E-state index contributed by atoms with van der Waals surface area (Å²) >= 11 is 11.5. The van der Waals surface area contributed by atoms with Crippen LogP contribution in [0.2, 0.25) is 10.2 Å². The predicted molar refractivity (Wildman–Crippen MR) is 65.8 cm³/mol. The van der Waals surface area contributed by atoms with Crippen molar-refractivity contribution >= 4 is 29.2 Å². The van der Waals surface area contributed by atoms with Gasteiger partial charge >= 0.3 is 0 Å². The molecule has 0 saturated carbocycles. The molecule has 0 spiro atoms. The Balaban J connectivity index is 1.99. The minimum atomic E-state index is 0.425.